The number of nitriles is 1. The molecular weight excluding hydrogens is 244 g/mol. The highest BCUT2D eigenvalue weighted by molar-refractivity contribution is 9.09. The number of alkyl halides is 1. The van der Waals surface area contributed by atoms with Gasteiger partial charge in [0.05, 0.1) is 16.1 Å². The molecule has 0 aromatic heterocycles. The summed E-state index contributed by atoms with van der Waals surface area (Å²) in [6.07, 6.45) is 0. The third-order valence-electron chi connectivity index (χ3n) is 1.89. The molecule has 2 N–H and O–H groups in total. The SMILES string of the molecule is CC(=O)C(Br)c1cccc(C#N)c1N. The van der Waals surface area contributed by atoms with E-state index in [-0.39, 0.29) is 5.78 Å². The van der Waals surface area contributed by atoms with Crippen LogP contribution in [0.3, 0.4) is 0 Å². The van der Waals surface area contributed by atoms with Crippen LogP contribution in [0.25, 0.3) is 0 Å². The second-order valence-electron chi connectivity index (χ2n) is 2.89. The minimum atomic E-state index is -0.434. The number of Topliss-reactive ketones (excluding diaryl/α,β-unsaturated/α-hetero) is 1. The van der Waals surface area contributed by atoms with E-state index in [1.54, 1.807) is 18.2 Å². The lowest BCUT2D eigenvalue weighted by molar-refractivity contribution is -0.116. The van der Waals surface area contributed by atoms with Crippen molar-refractivity contribution in [2.45, 2.75) is 11.8 Å². The van der Waals surface area contributed by atoms with E-state index in [9.17, 15) is 4.79 Å². The normalized spacial score (nSPS) is 11.8. The molecule has 0 spiro atoms. The van der Waals surface area contributed by atoms with E-state index in [1.807, 2.05) is 6.07 Å². The van der Waals surface area contributed by atoms with Gasteiger partial charge in [0.2, 0.25) is 0 Å². The van der Waals surface area contributed by atoms with Crippen molar-refractivity contribution in [3.8, 4) is 6.07 Å². The molecule has 3 nitrogen and oxygen atoms in total. The minimum Gasteiger partial charge on any atom is -0.397 e. The molecule has 1 unspecified atom stereocenters. The van der Waals surface area contributed by atoms with E-state index < -0.39 is 4.83 Å². The topological polar surface area (TPSA) is 66.9 Å². The number of hydrogen-bond donors (Lipinski definition) is 1. The fourth-order valence-corrected chi connectivity index (χ4v) is 1.52. The van der Waals surface area contributed by atoms with Crippen LogP contribution >= 0.6 is 15.9 Å². The van der Waals surface area contributed by atoms with Crippen LogP contribution in [0.1, 0.15) is 22.9 Å². The van der Waals surface area contributed by atoms with Gasteiger partial charge in [-0.15, -0.1) is 0 Å². The average Bonchev–Trinajstić information content (AvgIpc) is 2.17. The molecule has 14 heavy (non-hydrogen) atoms. The summed E-state index contributed by atoms with van der Waals surface area (Å²) in [4.78, 5) is 10.7. The molecule has 0 heterocycles. The minimum absolute atomic E-state index is 0.0354. The first kappa shape index (κ1) is 10.7. The molecule has 72 valence electrons. The van der Waals surface area contributed by atoms with E-state index >= 15 is 0 Å². The molecule has 1 atom stereocenters. The van der Waals surface area contributed by atoms with Crippen molar-refractivity contribution >= 4 is 27.4 Å². The van der Waals surface area contributed by atoms with Gasteiger partial charge in [-0.25, -0.2) is 0 Å². The molecule has 0 saturated heterocycles. The van der Waals surface area contributed by atoms with Gasteiger partial charge in [0.25, 0.3) is 0 Å². The Morgan fingerprint density at radius 2 is 2.29 bits per heavy atom. The Hall–Kier alpha value is -1.34. The van der Waals surface area contributed by atoms with Gasteiger partial charge in [0, 0.05) is 0 Å². The second-order valence-corrected chi connectivity index (χ2v) is 3.81. The van der Waals surface area contributed by atoms with Crippen LogP contribution < -0.4 is 5.73 Å². The number of para-hydroxylation sites is 1. The van der Waals surface area contributed by atoms with E-state index in [2.05, 4.69) is 15.9 Å². The van der Waals surface area contributed by atoms with Crippen LogP contribution in [0, 0.1) is 11.3 Å². The highest BCUT2D eigenvalue weighted by atomic mass is 79.9. The number of rotatable bonds is 2. The van der Waals surface area contributed by atoms with Crippen molar-refractivity contribution in [2.24, 2.45) is 0 Å². The zero-order valence-electron chi connectivity index (χ0n) is 7.62. The Balaban J connectivity index is 3.24. The molecule has 4 heteroatoms. The van der Waals surface area contributed by atoms with E-state index in [0.717, 1.165) is 0 Å². The number of nitrogens with two attached hydrogens (primary N) is 1. The maximum atomic E-state index is 11.1. The number of halogens is 1. The molecule has 0 aliphatic heterocycles. The summed E-state index contributed by atoms with van der Waals surface area (Å²) in [5.74, 6) is -0.0354. The molecule has 0 aliphatic carbocycles. The lowest BCUT2D eigenvalue weighted by Gasteiger charge is -2.10. The molecule has 0 bridgehead atoms. The number of nitrogen functional groups attached to an aromatic ring is 1. The quantitative estimate of drug-likeness (QED) is 0.648. The van der Waals surface area contributed by atoms with Gasteiger partial charge in [0.15, 0.2) is 0 Å². The van der Waals surface area contributed by atoms with Crippen molar-refractivity contribution < 1.29 is 4.79 Å². The lowest BCUT2D eigenvalue weighted by Crippen LogP contribution is -2.05. The third-order valence-corrected chi connectivity index (χ3v) is 3.03. The maximum Gasteiger partial charge on any atom is 0.147 e. The van der Waals surface area contributed by atoms with Crippen molar-refractivity contribution in [3.05, 3.63) is 29.3 Å². The van der Waals surface area contributed by atoms with Gasteiger partial charge in [-0.1, -0.05) is 28.1 Å². The number of nitrogens with zero attached hydrogens (tertiary/aromatic N) is 1. The van der Waals surface area contributed by atoms with Crippen LogP contribution in [-0.4, -0.2) is 5.78 Å². The van der Waals surface area contributed by atoms with Gasteiger partial charge in [0.1, 0.15) is 11.9 Å². The molecule has 0 radical (unpaired) electrons. The Labute approximate surface area is 90.7 Å². The van der Waals surface area contributed by atoms with Crippen LogP contribution in [0.2, 0.25) is 0 Å². The highest BCUT2D eigenvalue weighted by Gasteiger charge is 2.16. The molecule has 1 rings (SSSR count). The Bertz CT molecular complexity index is 409. The third kappa shape index (κ3) is 1.94. The first-order chi connectivity index (χ1) is 6.57. The molecule has 0 aliphatic rings. The molecule has 0 amide bonds. The Kier molecular flexibility index (Phi) is 3.26. The van der Waals surface area contributed by atoms with Crippen LogP contribution in [0.4, 0.5) is 5.69 Å². The van der Waals surface area contributed by atoms with Crippen molar-refractivity contribution in [1.82, 2.24) is 0 Å². The number of anilines is 1. The summed E-state index contributed by atoms with van der Waals surface area (Å²) in [5, 5.41) is 8.73. The predicted octanol–water partition coefficient (Wildman–Crippen LogP) is 2.17. The average molecular weight is 253 g/mol. The second kappa shape index (κ2) is 4.25. The molecule has 0 fully saturated rings. The lowest BCUT2D eigenvalue weighted by atomic mass is 10.0. The molecular formula is C10H9BrN2O. The summed E-state index contributed by atoms with van der Waals surface area (Å²) in [5.41, 5.74) is 7.14. The fraction of sp³-hybridized carbons (Fsp3) is 0.200. The van der Waals surface area contributed by atoms with Crippen LogP contribution in [-0.2, 0) is 4.79 Å². The highest BCUT2D eigenvalue weighted by Crippen LogP contribution is 2.30. The standard InChI is InChI=1S/C10H9BrN2O/c1-6(14)9(11)8-4-2-3-7(5-12)10(8)13/h2-4,9H,13H2,1H3. The van der Waals surface area contributed by atoms with Gasteiger partial charge in [-0.05, 0) is 18.6 Å². The molecule has 1 aromatic rings. The summed E-state index contributed by atoms with van der Waals surface area (Å²) >= 11 is 3.23. The number of ketones is 1. The van der Waals surface area contributed by atoms with Crippen LogP contribution in [0.15, 0.2) is 18.2 Å². The fourth-order valence-electron chi connectivity index (χ4n) is 1.12. The number of benzene rings is 1. The zero-order valence-corrected chi connectivity index (χ0v) is 9.21. The van der Waals surface area contributed by atoms with Gasteiger partial charge < -0.3 is 5.73 Å². The Morgan fingerprint density at radius 1 is 1.64 bits per heavy atom. The zero-order chi connectivity index (χ0) is 10.7. The van der Waals surface area contributed by atoms with Crippen molar-refractivity contribution in [2.75, 3.05) is 5.73 Å². The first-order valence-corrected chi connectivity index (χ1v) is 4.92. The van der Waals surface area contributed by atoms with Crippen molar-refractivity contribution in [1.29, 1.82) is 5.26 Å². The van der Waals surface area contributed by atoms with E-state index in [0.29, 0.717) is 16.8 Å². The number of hydrogen-bond acceptors (Lipinski definition) is 3. The smallest absolute Gasteiger partial charge is 0.147 e. The number of carbonyl (C=O) groups is 1. The molecule has 1 aromatic carbocycles. The predicted molar refractivity (Wildman–Crippen MR) is 57.9 cm³/mol. The van der Waals surface area contributed by atoms with Gasteiger partial charge in [-0.3, -0.25) is 4.79 Å². The van der Waals surface area contributed by atoms with Gasteiger partial charge in [-0.2, -0.15) is 5.26 Å². The monoisotopic (exact) mass is 252 g/mol. The summed E-state index contributed by atoms with van der Waals surface area (Å²) in [7, 11) is 0. The first-order valence-electron chi connectivity index (χ1n) is 4.01. The maximum absolute atomic E-state index is 11.1. The van der Waals surface area contributed by atoms with Crippen molar-refractivity contribution in [3.63, 3.8) is 0 Å². The van der Waals surface area contributed by atoms with Gasteiger partial charge >= 0.3 is 0 Å². The summed E-state index contributed by atoms with van der Waals surface area (Å²) in [6, 6.07) is 7.04. The largest absolute Gasteiger partial charge is 0.397 e. The summed E-state index contributed by atoms with van der Waals surface area (Å²) in [6.45, 7) is 1.47. The Morgan fingerprint density at radius 3 is 2.79 bits per heavy atom. The van der Waals surface area contributed by atoms with E-state index in [1.165, 1.54) is 6.92 Å². The van der Waals surface area contributed by atoms with Crippen LogP contribution in [0.5, 0.6) is 0 Å². The summed E-state index contributed by atoms with van der Waals surface area (Å²) < 4.78 is 0. The molecule has 0 saturated carbocycles. The van der Waals surface area contributed by atoms with E-state index in [4.69, 9.17) is 11.0 Å². The number of carbonyl (C=O) groups excluding carboxylic acids is 1.